The maximum absolute atomic E-state index is 8.52. The summed E-state index contributed by atoms with van der Waals surface area (Å²) >= 11 is 0. The van der Waals surface area contributed by atoms with E-state index in [4.69, 9.17) is 42.2 Å². The molecular weight excluding hydrogens is 333 g/mol. The van der Waals surface area contributed by atoms with Crippen LogP contribution in [0.3, 0.4) is 0 Å². The molecule has 0 saturated heterocycles. The van der Waals surface area contributed by atoms with Crippen LogP contribution in [0.2, 0.25) is 0 Å². The predicted octanol–water partition coefficient (Wildman–Crippen LogP) is -14.6. The zero-order valence-corrected chi connectivity index (χ0v) is 13.1. The Labute approximate surface area is 132 Å². The zero-order chi connectivity index (χ0) is 10.7. The summed E-state index contributed by atoms with van der Waals surface area (Å²) in [5.41, 5.74) is 0. The molecule has 0 aliphatic carbocycles. The predicted molar refractivity (Wildman–Crippen MR) is 19.3 cm³/mol. The quantitative estimate of drug-likeness (QED) is 0.387. The molecule has 0 aliphatic rings. The van der Waals surface area contributed by atoms with Crippen molar-refractivity contribution in [3.8, 4) is 0 Å². The van der Waals surface area contributed by atoms with Crippen molar-refractivity contribution in [1.82, 2.24) is 0 Å². The van der Waals surface area contributed by atoms with E-state index in [1.165, 1.54) is 0 Å². The summed E-state index contributed by atoms with van der Waals surface area (Å²) < 4.78 is 25.6. The molecule has 0 bridgehead atoms. The van der Waals surface area contributed by atoms with Gasteiger partial charge >= 0.3 is 63.9 Å². The van der Waals surface area contributed by atoms with E-state index in [-0.39, 0.29) is 63.9 Å². The second kappa shape index (κ2) is 29.4. The minimum atomic E-state index is -3.63. The first kappa shape index (κ1) is 36.0. The molecule has 0 radical (unpaired) electrons. The fraction of sp³-hybridized carbons (Fsp3) is 0. The van der Waals surface area contributed by atoms with Gasteiger partial charge < -0.3 is 42.2 Å². The summed E-state index contributed by atoms with van der Waals surface area (Å²) in [5.74, 6) is 0. The van der Waals surface area contributed by atoms with Gasteiger partial charge in [-0.2, -0.15) is 0 Å². The average Bonchev–Trinajstić information content (AvgIpc) is 1.54. The van der Waals surface area contributed by atoms with Gasteiger partial charge in [0, 0.05) is 27.5 Å². The largest absolute Gasteiger partial charge is 4.00 e. The molecule has 0 fully saturated rings. The molecule has 0 unspecified atom stereocenters. The molecular formula is Li2O9Si3Zr. The van der Waals surface area contributed by atoms with Crippen molar-refractivity contribution in [1.29, 1.82) is 0 Å². The van der Waals surface area contributed by atoms with Gasteiger partial charge in [0.2, 0.25) is 0 Å². The summed E-state index contributed by atoms with van der Waals surface area (Å²) in [4.78, 5) is 51.1. The van der Waals surface area contributed by atoms with Crippen LogP contribution in [0.4, 0.5) is 0 Å². The van der Waals surface area contributed by atoms with Crippen LogP contribution < -0.4 is 66.5 Å². The van der Waals surface area contributed by atoms with Gasteiger partial charge in [0.25, 0.3) is 0 Å². The van der Waals surface area contributed by atoms with Gasteiger partial charge in [-0.15, -0.1) is 0 Å². The van der Waals surface area contributed by atoms with Gasteiger partial charge in [0.05, 0.1) is 0 Å². The van der Waals surface area contributed by atoms with Crippen molar-refractivity contribution in [2.75, 3.05) is 0 Å². The molecule has 0 aromatic rings. The molecule has 72 valence electrons. The average molecular weight is 333 g/mol. The van der Waals surface area contributed by atoms with E-state index >= 15 is 0 Å². The van der Waals surface area contributed by atoms with Crippen molar-refractivity contribution in [2.24, 2.45) is 0 Å². The van der Waals surface area contributed by atoms with E-state index in [1.807, 2.05) is 0 Å². The Morgan fingerprint density at radius 1 is 0.533 bits per heavy atom. The molecule has 0 saturated carbocycles. The zero-order valence-electron chi connectivity index (χ0n) is 7.67. The van der Waals surface area contributed by atoms with Crippen molar-refractivity contribution >= 4 is 27.5 Å². The molecule has 0 heterocycles. The minimum Gasteiger partial charge on any atom is -0.672 e. The normalized spacial score (nSPS) is 4.80. The van der Waals surface area contributed by atoms with Crippen LogP contribution in [0.5, 0.6) is 0 Å². The molecule has 0 amide bonds. The van der Waals surface area contributed by atoms with E-state index < -0.39 is 27.5 Å². The summed E-state index contributed by atoms with van der Waals surface area (Å²) in [6.07, 6.45) is 0. The van der Waals surface area contributed by atoms with Crippen LogP contribution in [-0.2, 0) is 39.6 Å². The van der Waals surface area contributed by atoms with E-state index in [9.17, 15) is 0 Å². The smallest absolute Gasteiger partial charge is 0.672 e. The molecule has 0 aromatic carbocycles. The molecule has 0 N–H and O–H groups in total. The van der Waals surface area contributed by atoms with E-state index in [0.717, 1.165) is 0 Å². The minimum absolute atomic E-state index is 0. The summed E-state index contributed by atoms with van der Waals surface area (Å²) in [6.45, 7) is 0. The monoisotopic (exact) mass is 332 g/mol. The third-order valence-electron chi connectivity index (χ3n) is 0. The summed E-state index contributed by atoms with van der Waals surface area (Å²) in [7, 11) is -10.9. The van der Waals surface area contributed by atoms with Crippen molar-refractivity contribution < 1.29 is 106 Å². The first-order chi connectivity index (χ1) is 5.20. The van der Waals surface area contributed by atoms with E-state index in [2.05, 4.69) is 0 Å². The third-order valence-corrected chi connectivity index (χ3v) is 0. The second-order valence-electron chi connectivity index (χ2n) is 0.750. The summed E-state index contributed by atoms with van der Waals surface area (Å²) in [6, 6.07) is 0. The Kier molecular flexibility index (Phi) is 70.5. The van der Waals surface area contributed by atoms with Gasteiger partial charge in [-0.25, -0.2) is 0 Å². The fourth-order valence-corrected chi connectivity index (χ4v) is 0. The molecule has 0 aliphatic heterocycles. The Hall–Kier alpha value is 0.929. The maximum atomic E-state index is 8.52. The third kappa shape index (κ3) is 2890. The van der Waals surface area contributed by atoms with Gasteiger partial charge in [-0.3, -0.25) is 0 Å². The Morgan fingerprint density at radius 3 is 0.533 bits per heavy atom. The van der Waals surface area contributed by atoms with Gasteiger partial charge in [0.15, 0.2) is 0 Å². The molecule has 0 atom stereocenters. The van der Waals surface area contributed by atoms with Gasteiger partial charge in [-0.1, -0.05) is 0 Å². The van der Waals surface area contributed by atoms with Crippen LogP contribution in [0, 0.1) is 0 Å². The van der Waals surface area contributed by atoms with E-state index in [0.29, 0.717) is 0 Å². The van der Waals surface area contributed by atoms with Crippen LogP contribution in [-0.4, -0.2) is 27.5 Å². The topological polar surface area (TPSA) is 190 Å². The first-order valence-electron chi connectivity index (χ1n) is 1.84. The first-order valence-corrected chi connectivity index (χ1v) is 5.51. The van der Waals surface area contributed by atoms with Gasteiger partial charge in [-0.05, 0) is 0 Å². The van der Waals surface area contributed by atoms with Crippen LogP contribution in [0.1, 0.15) is 0 Å². The van der Waals surface area contributed by atoms with Crippen LogP contribution in [0.15, 0.2) is 0 Å². The number of rotatable bonds is 0. The van der Waals surface area contributed by atoms with Gasteiger partial charge in [0.1, 0.15) is 0 Å². The number of hydrogen-bond donors (Lipinski definition) is 0. The second-order valence-corrected chi connectivity index (χ2v) is 2.25. The summed E-state index contributed by atoms with van der Waals surface area (Å²) in [5, 5.41) is 0. The number of hydrogen-bond acceptors (Lipinski definition) is 9. The molecule has 15 heteroatoms. The Morgan fingerprint density at radius 2 is 0.533 bits per heavy atom. The Bertz CT molecular complexity index is 121. The fourth-order valence-electron chi connectivity index (χ4n) is 0. The SMILES string of the molecule is O=[Si]([O-])[O-].O=[Si]([O-])[O-].O=[Si]([O-])[O-].[Li+].[Li+].[Zr+4]. The molecule has 0 rings (SSSR count). The van der Waals surface area contributed by atoms with E-state index in [1.54, 1.807) is 0 Å². The van der Waals surface area contributed by atoms with Crippen molar-refractivity contribution in [3.05, 3.63) is 0 Å². The van der Waals surface area contributed by atoms with Crippen molar-refractivity contribution in [2.45, 2.75) is 0 Å². The molecule has 0 spiro atoms. The van der Waals surface area contributed by atoms with Crippen molar-refractivity contribution in [3.63, 3.8) is 0 Å². The Balaban J connectivity index is -0.0000000184. The van der Waals surface area contributed by atoms with Crippen LogP contribution in [0.25, 0.3) is 0 Å². The molecule has 15 heavy (non-hydrogen) atoms. The van der Waals surface area contributed by atoms with Crippen LogP contribution >= 0.6 is 0 Å². The maximum Gasteiger partial charge on any atom is 4.00 e. The molecule has 0 aromatic heterocycles. The molecule has 9 nitrogen and oxygen atoms in total. The standard InChI is InChI=1S/2Li.3O3Si.Zr/c;;3*1-4(2)3;/q2*+1;3*-2;+4.